The Morgan fingerprint density at radius 1 is 1.08 bits per heavy atom. The van der Waals surface area contributed by atoms with Crippen molar-refractivity contribution in [2.24, 2.45) is 17.8 Å². The fourth-order valence-corrected chi connectivity index (χ4v) is 4.09. The molecule has 2 aromatic rings. The molecule has 1 aliphatic heterocycles. The zero-order chi connectivity index (χ0) is 28.6. The van der Waals surface area contributed by atoms with Crippen molar-refractivity contribution in [2.45, 2.75) is 70.9 Å². The van der Waals surface area contributed by atoms with Crippen LogP contribution in [0.15, 0.2) is 18.5 Å². The molecule has 0 amide bonds. The lowest BCUT2D eigenvalue weighted by Crippen LogP contribution is -2.55. The maximum atomic E-state index is 12.9. The number of esters is 3. The van der Waals surface area contributed by atoms with Gasteiger partial charge in [-0.1, -0.05) is 41.5 Å². The van der Waals surface area contributed by atoms with Gasteiger partial charge in [-0.2, -0.15) is 10.4 Å². The summed E-state index contributed by atoms with van der Waals surface area (Å²) in [7, 11) is 3.17. The van der Waals surface area contributed by atoms with Gasteiger partial charge < -0.3 is 24.7 Å². The normalized spacial score (nSPS) is 23.5. The van der Waals surface area contributed by atoms with Crippen molar-refractivity contribution >= 4 is 44.9 Å². The molecular weight excluding hydrogens is 492 g/mol. The zero-order valence-electron chi connectivity index (χ0n) is 22.9. The summed E-state index contributed by atoms with van der Waals surface area (Å²) >= 11 is 0. The molecule has 14 heteroatoms. The number of anilines is 1. The average molecular weight is 525 g/mol. The number of nitrogens with zero attached hydrogens (tertiary/aromatic N) is 4. The van der Waals surface area contributed by atoms with Crippen molar-refractivity contribution in [3.05, 3.63) is 24.2 Å². The molecule has 1 unspecified atom stereocenters. The Morgan fingerprint density at radius 3 is 2.21 bits per heavy atom. The Bertz CT molecular complexity index is 1270. The lowest BCUT2D eigenvalue weighted by atomic mass is 9.60. The van der Waals surface area contributed by atoms with Crippen LogP contribution in [0.1, 0.15) is 47.2 Å². The molecule has 0 aromatic carbocycles. The summed E-state index contributed by atoms with van der Waals surface area (Å²) in [6.45, 7) is 9.90. The molecule has 4 atom stereocenters. The van der Waals surface area contributed by atoms with Crippen LogP contribution in [-0.4, -0.2) is 71.9 Å². The van der Waals surface area contributed by atoms with Gasteiger partial charge in [-0.3, -0.25) is 14.4 Å². The molecule has 202 valence electrons. The second-order valence-electron chi connectivity index (χ2n) is 10.8. The maximum absolute atomic E-state index is 12.9. The van der Waals surface area contributed by atoms with Gasteiger partial charge in [-0.25, -0.2) is 9.50 Å². The minimum Gasteiger partial charge on any atom is -0.475 e. The van der Waals surface area contributed by atoms with Crippen LogP contribution < -0.4 is 5.73 Å². The van der Waals surface area contributed by atoms with Gasteiger partial charge in [-0.05, 0) is 12.1 Å². The number of carbonyl (C=O) groups is 3. The Hall–Kier alpha value is -3.59. The number of hydrogen-bond acceptors (Lipinski definition) is 11. The quantitative estimate of drug-likeness (QED) is 0.273. The molecule has 0 bridgehead atoms. The van der Waals surface area contributed by atoms with Gasteiger partial charge >= 0.3 is 17.9 Å². The number of nitrogen functional groups attached to an aromatic ring is 1. The number of hydrogen-bond donors (Lipinski definition) is 1. The highest BCUT2D eigenvalue weighted by Crippen LogP contribution is 2.46. The van der Waals surface area contributed by atoms with Crippen LogP contribution in [0.4, 0.5) is 5.82 Å². The smallest absolute Gasteiger partial charge is 0.308 e. The minimum absolute atomic E-state index is 0.151. The monoisotopic (exact) mass is 525 g/mol. The van der Waals surface area contributed by atoms with Crippen molar-refractivity contribution in [3.8, 4) is 6.07 Å². The van der Waals surface area contributed by atoms with Crippen molar-refractivity contribution in [3.63, 3.8) is 0 Å². The summed E-state index contributed by atoms with van der Waals surface area (Å²) in [6, 6.07) is 5.29. The average Bonchev–Trinajstić information content (AvgIpc) is 3.40. The van der Waals surface area contributed by atoms with Gasteiger partial charge in [0.1, 0.15) is 24.0 Å². The van der Waals surface area contributed by atoms with Gasteiger partial charge in [0.25, 0.3) is 0 Å². The zero-order valence-corrected chi connectivity index (χ0v) is 22.9. The van der Waals surface area contributed by atoms with E-state index in [2.05, 4.69) is 16.2 Å². The fraction of sp³-hybridized carbons (Fsp3) is 0.583. The fourth-order valence-electron chi connectivity index (χ4n) is 4.09. The highest BCUT2D eigenvalue weighted by Gasteiger charge is 2.66. The van der Waals surface area contributed by atoms with Gasteiger partial charge in [0.15, 0.2) is 33.7 Å². The number of carbonyl (C=O) groups excluding carboxylic acids is 3. The summed E-state index contributed by atoms with van der Waals surface area (Å²) in [5, 5.41) is 13.5. The molecule has 0 radical (unpaired) electrons. The van der Waals surface area contributed by atoms with Crippen LogP contribution in [0, 0.1) is 29.1 Å². The number of aromatic nitrogens is 3. The van der Waals surface area contributed by atoms with Crippen LogP contribution in [0.2, 0.25) is 0 Å². The van der Waals surface area contributed by atoms with Gasteiger partial charge in [0, 0.05) is 0 Å². The number of nitriles is 1. The number of rotatable bonds is 8. The van der Waals surface area contributed by atoms with E-state index in [1.807, 2.05) is 0 Å². The molecule has 3 rings (SSSR count). The van der Waals surface area contributed by atoms with Crippen LogP contribution in [0.5, 0.6) is 0 Å². The molecule has 1 saturated heterocycles. The third-order valence-corrected chi connectivity index (χ3v) is 6.30. The van der Waals surface area contributed by atoms with E-state index in [1.165, 1.54) is 10.8 Å². The standard InChI is InChI=1S/C24H33B2N5O7/c1-11(2)20(32)35-16-17(36-21(33)12(3)4)23(9-27,15-8-7-14-19(28)29-10-30-31(14)15)37-18(16)24(25,26)38-22(34)13(5)6/h7-8,10-13,16-18H,25-26H2,1-6H3,(H2,28,29,30)/t16-,17+,18?,23-/m0/s1. The van der Waals surface area contributed by atoms with E-state index < -0.39 is 65.0 Å². The molecule has 2 N–H and O–H groups in total. The number of fused-ring (bicyclic) bond motifs is 1. The summed E-state index contributed by atoms with van der Waals surface area (Å²) in [5.74, 6) is -3.20. The SMILES string of the molecule is BC(B)(OC(=O)C(C)C)C1O[C@@](C#N)(c2ccc3c(N)ncnn23)[C@H](OC(=O)C(C)C)[C@@H]1OC(=O)C(C)C. The van der Waals surface area contributed by atoms with Gasteiger partial charge in [-0.15, -0.1) is 0 Å². The first kappa shape index (κ1) is 29.0. The molecule has 0 saturated carbocycles. The minimum atomic E-state index is -2.02. The Kier molecular flexibility index (Phi) is 8.12. The van der Waals surface area contributed by atoms with Gasteiger partial charge in [0.05, 0.1) is 28.8 Å². The van der Waals surface area contributed by atoms with Crippen LogP contribution in [0.3, 0.4) is 0 Å². The highest BCUT2D eigenvalue weighted by molar-refractivity contribution is 6.40. The van der Waals surface area contributed by atoms with Crippen molar-refractivity contribution in [2.75, 3.05) is 5.73 Å². The molecule has 1 fully saturated rings. The second kappa shape index (κ2) is 10.6. The summed E-state index contributed by atoms with van der Waals surface area (Å²) in [5.41, 5.74) is 4.54. The number of nitrogens with two attached hydrogens (primary N) is 1. The molecule has 1 aliphatic rings. The Labute approximate surface area is 222 Å². The largest absolute Gasteiger partial charge is 0.475 e. The van der Waals surface area contributed by atoms with E-state index >= 15 is 0 Å². The van der Waals surface area contributed by atoms with Crippen LogP contribution in [-0.2, 0) is 38.9 Å². The van der Waals surface area contributed by atoms with E-state index in [-0.39, 0.29) is 11.5 Å². The predicted octanol–water partition coefficient (Wildman–Crippen LogP) is -0.316. The third kappa shape index (κ3) is 5.20. The van der Waals surface area contributed by atoms with Crippen molar-refractivity contribution in [1.82, 2.24) is 14.6 Å². The lowest BCUT2D eigenvalue weighted by molar-refractivity contribution is -0.175. The maximum Gasteiger partial charge on any atom is 0.308 e. The lowest BCUT2D eigenvalue weighted by Gasteiger charge is -2.35. The molecular formula is C24H33B2N5O7. The molecule has 0 aliphatic carbocycles. The Balaban J connectivity index is 2.27. The topological polar surface area (TPSA) is 168 Å². The van der Waals surface area contributed by atoms with Gasteiger partial charge in [0.2, 0.25) is 5.60 Å². The third-order valence-electron chi connectivity index (χ3n) is 6.30. The van der Waals surface area contributed by atoms with Crippen LogP contribution >= 0.6 is 0 Å². The highest BCUT2D eigenvalue weighted by atomic mass is 16.7. The summed E-state index contributed by atoms with van der Waals surface area (Å²) < 4.78 is 25.2. The molecule has 38 heavy (non-hydrogen) atoms. The molecule has 2 aromatic heterocycles. The van der Waals surface area contributed by atoms with E-state index in [0.29, 0.717) is 5.52 Å². The number of ether oxygens (including phenoxy) is 4. The van der Waals surface area contributed by atoms with Crippen molar-refractivity contribution in [1.29, 1.82) is 5.26 Å². The first-order valence-corrected chi connectivity index (χ1v) is 12.5. The summed E-state index contributed by atoms with van der Waals surface area (Å²) in [6.07, 6.45) is -2.75. The van der Waals surface area contributed by atoms with E-state index in [0.717, 1.165) is 0 Å². The molecule has 3 heterocycles. The molecule has 12 nitrogen and oxygen atoms in total. The second-order valence-corrected chi connectivity index (χ2v) is 10.8. The van der Waals surface area contributed by atoms with E-state index in [4.69, 9.17) is 24.7 Å². The predicted molar refractivity (Wildman–Crippen MR) is 140 cm³/mol. The first-order chi connectivity index (χ1) is 17.7. The van der Waals surface area contributed by atoms with Crippen LogP contribution in [0.25, 0.3) is 5.52 Å². The van der Waals surface area contributed by atoms with E-state index in [9.17, 15) is 19.6 Å². The molecule has 0 spiro atoms. The Morgan fingerprint density at radius 2 is 1.66 bits per heavy atom. The van der Waals surface area contributed by atoms with E-state index in [1.54, 1.807) is 69.4 Å². The first-order valence-electron chi connectivity index (χ1n) is 12.5. The summed E-state index contributed by atoms with van der Waals surface area (Å²) in [4.78, 5) is 42.3. The van der Waals surface area contributed by atoms with Crippen molar-refractivity contribution < 1.29 is 33.3 Å².